The largest absolute Gasteiger partial charge is 0.484 e. The van der Waals surface area contributed by atoms with Gasteiger partial charge in [0.15, 0.2) is 6.61 Å². The molecule has 0 aliphatic heterocycles. The summed E-state index contributed by atoms with van der Waals surface area (Å²) in [5.74, 6) is 0.397. The lowest BCUT2D eigenvalue weighted by atomic mass is 10.1. The molecule has 0 aliphatic rings. The molecule has 1 atom stereocenters. The van der Waals surface area contributed by atoms with E-state index < -0.39 is 6.10 Å². The number of thiophene rings is 1. The Hall–Kier alpha value is -2.37. The molecule has 0 radical (unpaired) electrons. The van der Waals surface area contributed by atoms with Gasteiger partial charge in [-0.05, 0) is 35.9 Å². The number of aryl methyl sites for hydroxylation is 1. The number of hydrogen-bond acceptors (Lipinski definition) is 4. The Morgan fingerprint density at radius 1 is 1.21 bits per heavy atom. The maximum Gasteiger partial charge on any atom is 0.258 e. The van der Waals surface area contributed by atoms with E-state index in [1.807, 2.05) is 60.8 Å². The van der Waals surface area contributed by atoms with Crippen LogP contribution in [-0.4, -0.2) is 24.2 Å². The van der Waals surface area contributed by atoms with Crippen molar-refractivity contribution in [2.75, 3.05) is 13.2 Å². The zero-order valence-corrected chi connectivity index (χ0v) is 14.2. The number of fused-ring (bicyclic) bond motifs is 1. The third kappa shape index (κ3) is 3.93. The molecule has 124 valence electrons. The molecule has 1 amide bonds. The zero-order chi connectivity index (χ0) is 16.9. The van der Waals surface area contributed by atoms with Crippen LogP contribution in [0, 0.1) is 6.92 Å². The van der Waals surface area contributed by atoms with E-state index in [0.717, 1.165) is 21.2 Å². The van der Waals surface area contributed by atoms with Crippen LogP contribution in [0.15, 0.2) is 53.9 Å². The number of aliphatic hydroxyl groups excluding tert-OH is 1. The molecule has 4 nitrogen and oxygen atoms in total. The van der Waals surface area contributed by atoms with Crippen LogP contribution in [-0.2, 0) is 4.79 Å². The van der Waals surface area contributed by atoms with Crippen molar-refractivity contribution in [3.63, 3.8) is 0 Å². The Kier molecular flexibility index (Phi) is 5.13. The van der Waals surface area contributed by atoms with Crippen LogP contribution in [0.25, 0.3) is 10.1 Å². The molecule has 1 aromatic heterocycles. The van der Waals surface area contributed by atoms with Gasteiger partial charge in [-0.15, -0.1) is 11.3 Å². The average Bonchev–Trinajstić information content (AvgIpc) is 3.03. The van der Waals surface area contributed by atoms with Gasteiger partial charge >= 0.3 is 0 Å². The first-order chi connectivity index (χ1) is 11.6. The molecule has 1 unspecified atom stereocenters. The molecule has 1 heterocycles. The Bertz CT molecular complexity index is 826. The highest BCUT2D eigenvalue weighted by molar-refractivity contribution is 7.17. The van der Waals surface area contributed by atoms with E-state index in [1.165, 1.54) is 0 Å². The van der Waals surface area contributed by atoms with Gasteiger partial charge in [0, 0.05) is 16.8 Å². The van der Waals surface area contributed by atoms with Gasteiger partial charge in [-0.1, -0.05) is 35.9 Å². The monoisotopic (exact) mass is 341 g/mol. The Balaban J connectivity index is 1.51. The van der Waals surface area contributed by atoms with E-state index in [4.69, 9.17) is 4.74 Å². The van der Waals surface area contributed by atoms with Crippen LogP contribution in [0.3, 0.4) is 0 Å². The van der Waals surface area contributed by atoms with Gasteiger partial charge in [0.25, 0.3) is 5.91 Å². The van der Waals surface area contributed by atoms with Crippen molar-refractivity contribution in [3.8, 4) is 5.75 Å². The summed E-state index contributed by atoms with van der Waals surface area (Å²) in [7, 11) is 0. The van der Waals surface area contributed by atoms with Crippen LogP contribution in [0.1, 0.15) is 17.2 Å². The Morgan fingerprint density at radius 2 is 1.96 bits per heavy atom. The summed E-state index contributed by atoms with van der Waals surface area (Å²) in [6.07, 6.45) is -0.732. The first-order valence-corrected chi connectivity index (χ1v) is 8.62. The minimum Gasteiger partial charge on any atom is -0.484 e. The molecule has 2 N–H and O–H groups in total. The van der Waals surface area contributed by atoms with E-state index in [-0.39, 0.29) is 19.1 Å². The molecule has 3 rings (SSSR count). The highest BCUT2D eigenvalue weighted by atomic mass is 32.1. The molecule has 0 fully saturated rings. The van der Waals surface area contributed by atoms with Gasteiger partial charge in [0.05, 0.1) is 6.10 Å². The predicted octanol–water partition coefficient (Wildman–Crippen LogP) is 3.44. The molecule has 3 aromatic rings. The maximum absolute atomic E-state index is 11.9. The van der Waals surface area contributed by atoms with Gasteiger partial charge in [-0.2, -0.15) is 0 Å². The molecule has 5 heteroatoms. The summed E-state index contributed by atoms with van der Waals surface area (Å²) >= 11 is 1.59. The third-order valence-electron chi connectivity index (χ3n) is 3.75. The number of nitrogens with one attached hydrogen (secondary N) is 1. The van der Waals surface area contributed by atoms with Crippen LogP contribution >= 0.6 is 11.3 Å². The number of rotatable bonds is 6. The molecule has 0 saturated carbocycles. The molecular weight excluding hydrogens is 322 g/mol. The van der Waals surface area contributed by atoms with Crippen LogP contribution in [0.4, 0.5) is 0 Å². The smallest absolute Gasteiger partial charge is 0.258 e. The van der Waals surface area contributed by atoms with E-state index in [2.05, 4.69) is 5.32 Å². The normalized spacial score (nSPS) is 12.1. The molecular formula is C19H19NO3S. The second-order valence-corrected chi connectivity index (χ2v) is 6.52. The fraction of sp³-hybridized carbons (Fsp3) is 0.211. The SMILES string of the molecule is Cc1ccc(OCC(=O)NCC(O)c2csc3ccccc23)cc1. The topological polar surface area (TPSA) is 58.6 Å². The van der Waals surface area contributed by atoms with Gasteiger partial charge in [0.1, 0.15) is 5.75 Å². The zero-order valence-electron chi connectivity index (χ0n) is 13.4. The van der Waals surface area contributed by atoms with E-state index in [0.29, 0.717) is 5.75 Å². The van der Waals surface area contributed by atoms with Crippen LogP contribution in [0.5, 0.6) is 5.75 Å². The Morgan fingerprint density at radius 3 is 2.75 bits per heavy atom. The van der Waals surface area contributed by atoms with Crippen molar-refractivity contribution in [2.45, 2.75) is 13.0 Å². The lowest BCUT2D eigenvalue weighted by Gasteiger charge is -2.12. The summed E-state index contributed by atoms with van der Waals surface area (Å²) in [4.78, 5) is 11.9. The van der Waals surface area contributed by atoms with Gasteiger partial charge in [0.2, 0.25) is 0 Å². The van der Waals surface area contributed by atoms with Crippen LogP contribution in [0.2, 0.25) is 0 Å². The van der Waals surface area contributed by atoms with Crippen molar-refractivity contribution in [3.05, 3.63) is 65.0 Å². The van der Waals surface area contributed by atoms with Crippen LogP contribution < -0.4 is 10.1 Å². The minimum absolute atomic E-state index is 0.0693. The minimum atomic E-state index is -0.732. The van der Waals surface area contributed by atoms with Crippen molar-refractivity contribution >= 4 is 27.3 Å². The lowest BCUT2D eigenvalue weighted by Crippen LogP contribution is -2.32. The summed E-state index contributed by atoms with van der Waals surface area (Å²) in [5.41, 5.74) is 1.98. The fourth-order valence-electron chi connectivity index (χ4n) is 2.41. The molecule has 0 aliphatic carbocycles. The highest BCUT2D eigenvalue weighted by Crippen LogP contribution is 2.29. The molecule has 0 bridgehead atoms. The second-order valence-electron chi connectivity index (χ2n) is 5.61. The number of benzene rings is 2. The number of carbonyl (C=O) groups is 1. The quantitative estimate of drug-likeness (QED) is 0.722. The summed E-state index contributed by atoms with van der Waals surface area (Å²) in [6.45, 7) is 2.09. The van der Waals surface area contributed by atoms with Crippen molar-refractivity contribution < 1.29 is 14.6 Å². The molecule has 2 aromatic carbocycles. The summed E-state index contributed by atoms with van der Waals surface area (Å²) in [5, 5.41) is 16.0. The number of carbonyl (C=O) groups excluding carboxylic acids is 1. The number of hydrogen-bond donors (Lipinski definition) is 2. The first kappa shape index (κ1) is 16.5. The van der Waals surface area contributed by atoms with Crippen molar-refractivity contribution in [2.24, 2.45) is 0 Å². The molecule has 0 saturated heterocycles. The van der Waals surface area contributed by atoms with Gasteiger partial charge in [-0.25, -0.2) is 0 Å². The fourth-order valence-corrected chi connectivity index (χ4v) is 3.42. The molecule has 0 spiro atoms. The second kappa shape index (κ2) is 7.47. The van der Waals surface area contributed by atoms with E-state index in [9.17, 15) is 9.90 Å². The summed E-state index contributed by atoms with van der Waals surface area (Å²) < 4.78 is 6.55. The molecule has 24 heavy (non-hydrogen) atoms. The van der Waals surface area contributed by atoms with E-state index in [1.54, 1.807) is 11.3 Å². The maximum atomic E-state index is 11.9. The number of aliphatic hydroxyl groups is 1. The summed E-state index contributed by atoms with van der Waals surface area (Å²) in [6, 6.07) is 15.4. The van der Waals surface area contributed by atoms with E-state index >= 15 is 0 Å². The predicted molar refractivity (Wildman–Crippen MR) is 96.5 cm³/mol. The number of amides is 1. The van der Waals surface area contributed by atoms with Gasteiger partial charge < -0.3 is 15.2 Å². The first-order valence-electron chi connectivity index (χ1n) is 7.74. The highest BCUT2D eigenvalue weighted by Gasteiger charge is 2.14. The van der Waals surface area contributed by atoms with Crippen molar-refractivity contribution in [1.29, 1.82) is 0 Å². The van der Waals surface area contributed by atoms with Crippen molar-refractivity contribution in [1.82, 2.24) is 5.32 Å². The number of ether oxygens (including phenoxy) is 1. The average molecular weight is 341 g/mol. The Labute approximate surface area is 144 Å². The standard InChI is InChI=1S/C19H19NO3S/c1-13-6-8-14(9-7-13)23-11-19(22)20-10-17(21)16-12-24-18-5-3-2-4-15(16)18/h2-9,12,17,21H,10-11H2,1H3,(H,20,22). The lowest BCUT2D eigenvalue weighted by molar-refractivity contribution is -0.123. The third-order valence-corrected chi connectivity index (χ3v) is 4.74. The van der Waals surface area contributed by atoms with Gasteiger partial charge in [-0.3, -0.25) is 4.79 Å².